The van der Waals surface area contributed by atoms with Gasteiger partial charge in [-0.15, -0.1) is 0 Å². The van der Waals surface area contributed by atoms with Gasteiger partial charge in [-0.1, -0.05) is 13.8 Å². The summed E-state index contributed by atoms with van der Waals surface area (Å²) in [6.07, 6.45) is 1.41. The van der Waals surface area contributed by atoms with Crippen molar-refractivity contribution < 1.29 is 4.74 Å². The van der Waals surface area contributed by atoms with Crippen LogP contribution in [0.4, 0.5) is 0 Å². The highest BCUT2D eigenvalue weighted by atomic mass is 16.5. The third kappa shape index (κ3) is 5.80. The molecule has 0 radical (unpaired) electrons. The summed E-state index contributed by atoms with van der Waals surface area (Å²) in [7, 11) is 0. The van der Waals surface area contributed by atoms with Crippen molar-refractivity contribution >= 4 is 0 Å². The van der Waals surface area contributed by atoms with Crippen molar-refractivity contribution in [1.29, 1.82) is 0 Å². The van der Waals surface area contributed by atoms with Crippen LogP contribution >= 0.6 is 0 Å². The standard InChI is InChI=1S/C7H17NO/c1-6(2)4-7(3)9-5-8/h6-7H,4-5,8H2,1-3H3/t7-/m0/s1. The summed E-state index contributed by atoms with van der Waals surface area (Å²) < 4.78 is 5.13. The van der Waals surface area contributed by atoms with Gasteiger partial charge in [-0.3, -0.25) is 0 Å². The maximum Gasteiger partial charge on any atom is 0.0943 e. The van der Waals surface area contributed by atoms with E-state index in [2.05, 4.69) is 13.8 Å². The molecule has 0 unspecified atom stereocenters. The van der Waals surface area contributed by atoms with Crippen LogP contribution in [0.5, 0.6) is 0 Å². The molecule has 0 rings (SSSR count). The third-order valence-electron chi connectivity index (χ3n) is 1.18. The highest BCUT2D eigenvalue weighted by molar-refractivity contribution is 4.52. The van der Waals surface area contributed by atoms with Gasteiger partial charge in [0.2, 0.25) is 0 Å². The van der Waals surface area contributed by atoms with Gasteiger partial charge in [-0.2, -0.15) is 0 Å². The van der Waals surface area contributed by atoms with Gasteiger partial charge >= 0.3 is 0 Å². The van der Waals surface area contributed by atoms with Gasteiger partial charge in [0.1, 0.15) is 0 Å². The smallest absolute Gasteiger partial charge is 0.0943 e. The molecular formula is C7H17NO. The minimum absolute atomic E-state index is 0.315. The first-order valence-corrected chi connectivity index (χ1v) is 3.48. The molecule has 0 aliphatic heterocycles. The molecule has 2 heteroatoms. The van der Waals surface area contributed by atoms with E-state index in [1.807, 2.05) is 6.92 Å². The largest absolute Gasteiger partial charge is 0.364 e. The minimum atomic E-state index is 0.315. The van der Waals surface area contributed by atoms with Crippen LogP contribution in [-0.4, -0.2) is 12.8 Å². The number of hydrogen-bond acceptors (Lipinski definition) is 2. The monoisotopic (exact) mass is 131 g/mol. The first kappa shape index (κ1) is 8.92. The lowest BCUT2D eigenvalue weighted by Crippen LogP contribution is -2.16. The van der Waals surface area contributed by atoms with E-state index in [-0.39, 0.29) is 0 Å². The molecule has 0 amide bonds. The molecule has 0 saturated carbocycles. The predicted octanol–water partition coefficient (Wildman–Crippen LogP) is 1.35. The van der Waals surface area contributed by atoms with Gasteiger partial charge in [0, 0.05) is 0 Å². The maximum atomic E-state index is 5.18. The van der Waals surface area contributed by atoms with Crippen molar-refractivity contribution in [2.75, 3.05) is 6.73 Å². The lowest BCUT2D eigenvalue weighted by Gasteiger charge is -2.12. The molecule has 0 aliphatic rings. The molecule has 0 aliphatic carbocycles. The normalized spacial score (nSPS) is 14.3. The van der Waals surface area contributed by atoms with E-state index >= 15 is 0 Å². The summed E-state index contributed by atoms with van der Waals surface area (Å²) in [4.78, 5) is 0. The summed E-state index contributed by atoms with van der Waals surface area (Å²) in [5.41, 5.74) is 5.18. The molecule has 0 aromatic carbocycles. The zero-order valence-electron chi connectivity index (χ0n) is 6.55. The Kier molecular flexibility index (Phi) is 4.72. The van der Waals surface area contributed by atoms with E-state index in [4.69, 9.17) is 10.5 Å². The maximum absolute atomic E-state index is 5.18. The summed E-state index contributed by atoms with van der Waals surface area (Å²) in [5, 5.41) is 0. The summed E-state index contributed by atoms with van der Waals surface area (Å²) in [6, 6.07) is 0. The Bertz CT molecular complexity index is 63.9. The van der Waals surface area contributed by atoms with Crippen LogP contribution < -0.4 is 5.73 Å². The highest BCUT2D eigenvalue weighted by Gasteiger charge is 2.02. The minimum Gasteiger partial charge on any atom is -0.364 e. The first-order chi connectivity index (χ1) is 4.16. The molecule has 0 fully saturated rings. The molecule has 2 nitrogen and oxygen atoms in total. The van der Waals surface area contributed by atoms with Crippen molar-refractivity contribution in [3.05, 3.63) is 0 Å². The van der Waals surface area contributed by atoms with Gasteiger partial charge in [0.15, 0.2) is 0 Å². The number of nitrogens with two attached hydrogens (primary N) is 1. The van der Waals surface area contributed by atoms with Gasteiger partial charge < -0.3 is 10.5 Å². The molecular weight excluding hydrogens is 114 g/mol. The molecule has 0 aromatic heterocycles. The van der Waals surface area contributed by atoms with Gasteiger partial charge in [-0.05, 0) is 19.3 Å². The Morgan fingerprint density at radius 2 is 1.89 bits per heavy atom. The van der Waals surface area contributed by atoms with Crippen LogP contribution in [0, 0.1) is 5.92 Å². The van der Waals surface area contributed by atoms with Gasteiger partial charge in [-0.25, -0.2) is 0 Å². The molecule has 0 bridgehead atoms. The molecule has 1 atom stereocenters. The molecule has 56 valence electrons. The summed E-state index contributed by atoms with van der Waals surface area (Å²) in [5.74, 6) is 0.701. The van der Waals surface area contributed by atoms with Crippen molar-refractivity contribution in [3.63, 3.8) is 0 Å². The lowest BCUT2D eigenvalue weighted by molar-refractivity contribution is 0.0567. The van der Waals surface area contributed by atoms with Crippen molar-refractivity contribution in [2.24, 2.45) is 11.7 Å². The second kappa shape index (κ2) is 4.77. The van der Waals surface area contributed by atoms with Crippen LogP contribution in [0.25, 0.3) is 0 Å². The van der Waals surface area contributed by atoms with Gasteiger partial charge in [0.25, 0.3) is 0 Å². The van der Waals surface area contributed by atoms with Crippen LogP contribution in [0.3, 0.4) is 0 Å². The third-order valence-corrected chi connectivity index (χ3v) is 1.18. The Morgan fingerprint density at radius 3 is 2.22 bits per heavy atom. The second-order valence-corrected chi connectivity index (χ2v) is 2.77. The van der Waals surface area contributed by atoms with Crippen molar-refractivity contribution in [1.82, 2.24) is 0 Å². The van der Waals surface area contributed by atoms with E-state index < -0.39 is 0 Å². The fourth-order valence-corrected chi connectivity index (χ4v) is 0.896. The zero-order chi connectivity index (χ0) is 7.28. The average Bonchev–Trinajstić information content (AvgIpc) is 1.63. The molecule has 2 N–H and O–H groups in total. The summed E-state index contributed by atoms with van der Waals surface area (Å²) in [6.45, 7) is 6.74. The molecule has 0 heterocycles. The second-order valence-electron chi connectivity index (χ2n) is 2.77. The number of rotatable bonds is 4. The van der Waals surface area contributed by atoms with E-state index in [9.17, 15) is 0 Å². The van der Waals surface area contributed by atoms with Gasteiger partial charge in [0.05, 0.1) is 12.8 Å². The predicted molar refractivity (Wildman–Crippen MR) is 39.1 cm³/mol. The average molecular weight is 131 g/mol. The molecule has 9 heavy (non-hydrogen) atoms. The SMILES string of the molecule is CC(C)C[C@H](C)OCN. The topological polar surface area (TPSA) is 35.2 Å². The van der Waals surface area contributed by atoms with E-state index in [1.165, 1.54) is 0 Å². The zero-order valence-corrected chi connectivity index (χ0v) is 6.55. The van der Waals surface area contributed by atoms with E-state index in [0.717, 1.165) is 6.42 Å². The van der Waals surface area contributed by atoms with Crippen LogP contribution in [0.15, 0.2) is 0 Å². The lowest BCUT2D eigenvalue weighted by atomic mass is 10.1. The quantitative estimate of drug-likeness (QED) is 0.584. The first-order valence-electron chi connectivity index (χ1n) is 3.48. The van der Waals surface area contributed by atoms with E-state index in [1.54, 1.807) is 0 Å². The fraction of sp³-hybridized carbons (Fsp3) is 1.00. The van der Waals surface area contributed by atoms with Crippen LogP contribution in [0.2, 0.25) is 0 Å². The molecule has 0 aromatic rings. The number of hydrogen-bond donors (Lipinski definition) is 1. The Labute approximate surface area is 57.4 Å². The molecule has 0 saturated heterocycles. The van der Waals surface area contributed by atoms with Crippen LogP contribution in [0.1, 0.15) is 27.2 Å². The molecule has 0 spiro atoms. The highest BCUT2D eigenvalue weighted by Crippen LogP contribution is 2.05. The Morgan fingerprint density at radius 1 is 1.33 bits per heavy atom. The van der Waals surface area contributed by atoms with Crippen molar-refractivity contribution in [2.45, 2.75) is 33.3 Å². The summed E-state index contributed by atoms with van der Waals surface area (Å²) >= 11 is 0. The Hall–Kier alpha value is -0.0800. The van der Waals surface area contributed by atoms with Crippen molar-refractivity contribution in [3.8, 4) is 0 Å². The van der Waals surface area contributed by atoms with E-state index in [0.29, 0.717) is 18.8 Å². The fourth-order valence-electron chi connectivity index (χ4n) is 0.896. The number of ether oxygens (including phenoxy) is 1. The van der Waals surface area contributed by atoms with Crippen LogP contribution in [-0.2, 0) is 4.74 Å². The Balaban J connectivity index is 3.15.